The van der Waals surface area contributed by atoms with E-state index in [4.69, 9.17) is 4.74 Å². The zero-order chi connectivity index (χ0) is 17.2. The summed E-state index contributed by atoms with van der Waals surface area (Å²) < 4.78 is 43.6. The first-order chi connectivity index (χ1) is 11.4. The molecule has 0 radical (unpaired) electrons. The van der Waals surface area contributed by atoms with E-state index in [9.17, 15) is 18.0 Å². The van der Waals surface area contributed by atoms with Crippen molar-refractivity contribution in [2.24, 2.45) is 0 Å². The summed E-state index contributed by atoms with van der Waals surface area (Å²) in [6, 6.07) is 11.1. The van der Waals surface area contributed by atoms with E-state index in [1.807, 2.05) is 24.3 Å². The predicted octanol–water partition coefficient (Wildman–Crippen LogP) is 4.35. The summed E-state index contributed by atoms with van der Waals surface area (Å²) in [5, 5.41) is 5.21. The van der Waals surface area contributed by atoms with Crippen LogP contribution in [0.3, 0.4) is 0 Å². The number of carbonyl (C=O) groups is 1. The molecule has 1 aliphatic heterocycles. The molecular weight excluding hydrogens is 321 g/mol. The van der Waals surface area contributed by atoms with Gasteiger partial charge >= 0.3 is 12.2 Å². The van der Waals surface area contributed by atoms with E-state index in [-0.39, 0.29) is 11.7 Å². The van der Waals surface area contributed by atoms with Crippen molar-refractivity contribution in [2.75, 3.05) is 11.9 Å². The molecular formula is C17H15F3N2O2. The van der Waals surface area contributed by atoms with Crippen molar-refractivity contribution in [3.63, 3.8) is 0 Å². The number of rotatable bonds is 2. The standard InChI is InChI=1S/C17H15F3N2O2/c18-17(19,20)11-4-3-5-12(10-11)21-16(23)22-14-8-9-24-15-7-2-1-6-13(14)15/h1-7,10,14H,8-9H2,(H2,21,22,23). The summed E-state index contributed by atoms with van der Waals surface area (Å²) >= 11 is 0. The minimum atomic E-state index is -4.45. The van der Waals surface area contributed by atoms with Crippen LogP contribution in [0.25, 0.3) is 0 Å². The van der Waals surface area contributed by atoms with Crippen LogP contribution in [-0.4, -0.2) is 12.6 Å². The third-order valence-electron chi connectivity index (χ3n) is 3.71. The number of nitrogens with one attached hydrogen (secondary N) is 2. The smallest absolute Gasteiger partial charge is 0.416 e. The number of ether oxygens (including phenoxy) is 1. The molecule has 1 heterocycles. The minimum absolute atomic E-state index is 0.0858. The molecule has 0 fully saturated rings. The van der Waals surface area contributed by atoms with Crippen molar-refractivity contribution >= 4 is 11.7 Å². The number of benzene rings is 2. The van der Waals surface area contributed by atoms with Gasteiger partial charge in [0.1, 0.15) is 5.75 Å². The van der Waals surface area contributed by atoms with Crippen LogP contribution in [0.5, 0.6) is 5.75 Å². The topological polar surface area (TPSA) is 50.4 Å². The summed E-state index contributed by atoms with van der Waals surface area (Å²) in [7, 11) is 0. The Kier molecular flexibility index (Phi) is 4.33. The molecule has 1 atom stereocenters. The Labute approximate surface area is 136 Å². The lowest BCUT2D eigenvalue weighted by atomic mass is 10.0. The SMILES string of the molecule is O=C(Nc1cccc(C(F)(F)F)c1)NC1CCOc2ccccc21. The van der Waals surface area contributed by atoms with Crippen LogP contribution in [0.2, 0.25) is 0 Å². The molecule has 0 aliphatic carbocycles. The van der Waals surface area contributed by atoms with Crippen molar-refractivity contribution in [3.8, 4) is 5.75 Å². The molecule has 0 aromatic heterocycles. The number of hydrogen-bond donors (Lipinski definition) is 2. The van der Waals surface area contributed by atoms with Gasteiger partial charge in [0.05, 0.1) is 18.2 Å². The molecule has 1 aliphatic rings. The van der Waals surface area contributed by atoms with Gasteiger partial charge in [0.2, 0.25) is 0 Å². The summed E-state index contributed by atoms with van der Waals surface area (Å²) in [5.41, 5.74) is 0.127. The number of amides is 2. The highest BCUT2D eigenvalue weighted by atomic mass is 19.4. The second-order valence-corrected chi connectivity index (χ2v) is 5.40. The van der Waals surface area contributed by atoms with Crippen molar-refractivity contribution in [1.82, 2.24) is 5.32 Å². The molecule has 0 saturated carbocycles. The molecule has 2 amide bonds. The Morgan fingerprint density at radius 3 is 2.71 bits per heavy atom. The lowest BCUT2D eigenvalue weighted by molar-refractivity contribution is -0.137. The molecule has 3 rings (SSSR count). The first-order valence-electron chi connectivity index (χ1n) is 7.40. The highest BCUT2D eigenvalue weighted by Gasteiger charge is 2.30. The molecule has 24 heavy (non-hydrogen) atoms. The van der Waals surface area contributed by atoms with Gasteiger partial charge in [-0.05, 0) is 24.3 Å². The quantitative estimate of drug-likeness (QED) is 0.856. The van der Waals surface area contributed by atoms with Gasteiger partial charge in [-0.15, -0.1) is 0 Å². The number of alkyl halides is 3. The molecule has 0 spiro atoms. The van der Waals surface area contributed by atoms with E-state index in [0.29, 0.717) is 18.8 Å². The van der Waals surface area contributed by atoms with Crippen molar-refractivity contribution < 1.29 is 22.7 Å². The maximum atomic E-state index is 12.7. The van der Waals surface area contributed by atoms with Crippen LogP contribution >= 0.6 is 0 Å². The van der Waals surface area contributed by atoms with Crippen molar-refractivity contribution in [1.29, 1.82) is 0 Å². The van der Waals surface area contributed by atoms with Gasteiger partial charge in [-0.2, -0.15) is 13.2 Å². The highest BCUT2D eigenvalue weighted by Crippen LogP contribution is 2.32. The number of anilines is 1. The maximum Gasteiger partial charge on any atom is 0.416 e. The average molecular weight is 336 g/mol. The second kappa shape index (κ2) is 6.43. The van der Waals surface area contributed by atoms with Crippen LogP contribution in [0.15, 0.2) is 48.5 Å². The molecule has 0 bridgehead atoms. The Hall–Kier alpha value is -2.70. The first kappa shape index (κ1) is 16.2. The Morgan fingerprint density at radius 2 is 1.92 bits per heavy atom. The van der Waals surface area contributed by atoms with Gasteiger partial charge in [0, 0.05) is 17.7 Å². The zero-order valence-electron chi connectivity index (χ0n) is 12.6. The molecule has 0 saturated heterocycles. The third-order valence-corrected chi connectivity index (χ3v) is 3.71. The largest absolute Gasteiger partial charge is 0.493 e. The summed E-state index contributed by atoms with van der Waals surface area (Å²) in [6.45, 7) is 0.464. The number of halogens is 3. The Morgan fingerprint density at radius 1 is 1.12 bits per heavy atom. The maximum absolute atomic E-state index is 12.7. The van der Waals surface area contributed by atoms with Gasteiger partial charge in [-0.3, -0.25) is 0 Å². The van der Waals surface area contributed by atoms with E-state index in [2.05, 4.69) is 10.6 Å². The molecule has 126 valence electrons. The molecule has 2 N–H and O–H groups in total. The Balaban J connectivity index is 1.69. The van der Waals surface area contributed by atoms with Gasteiger partial charge in [0.15, 0.2) is 0 Å². The van der Waals surface area contributed by atoms with Crippen LogP contribution in [0.1, 0.15) is 23.6 Å². The summed E-state index contributed by atoms with van der Waals surface area (Å²) in [4.78, 5) is 12.1. The van der Waals surface area contributed by atoms with Crippen LogP contribution in [-0.2, 0) is 6.18 Å². The van der Waals surface area contributed by atoms with Crippen LogP contribution in [0, 0.1) is 0 Å². The van der Waals surface area contributed by atoms with E-state index in [1.54, 1.807) is 0 Å². The van der Waals surface area contributed by atoms with Gasteiger partial charge < -0.3 is 15.4 Å². The number of para-hydroxylation sites is 1. The van der Waals surface area contributed by atoms with Gasteiger partial charge in [-0.1, -0.05) is 24.3 Å². The van der Waals surface area contributed by atoms with Gasteiger partial charge in [-0.25, -0.2) is 4.79 Å². The number of carbonyl (C=O) groups excluding carboxylic acids is 1. The highest BCUT2D eigenvalue weighted by molar-refractivity contribution is 5.89. The van der Waals surface area contributed by atoms with Crippen molar-refractivity contribution in [2.45, 2.75) is 18.6 Å². The number of urea groups is 1. The molecule has 1 unspecified atom stereocenters. The summed E-state index contributed by atoms with van der Waals surface area (Å²) in [6.07, 6.45) is -3.86. The van der Waals surface area contributed by atoms with E-state index in [1.165, 1.54) is 12.1 Å². The second-order valence-electron chi connectivity index (χ2n) is 5.40. The molecule has 4 nitrogen and oxygen atoms in total. The molecule has 2 aromatic rings. The van der Waals surface area contributed by atoms with Crippen LogP contribution < -0.4 is 15.4 Å². The van der Waals surface area contributed by atoms with Gasteiger partial charge in [0.25, 0.3) is 0 Å². The first-order valence-corrected chi connectivity index (χ1v) is 7.40. The zero-order valence-corrected chi connectivity index (χ0v) is 12.6. The normalized spacial score (nSPS) is 16.7. The predicted molar refractivity (Wildman–Crippen MR) is 82.9 cm³/mol. The average Bonchev–Trinajstić information content (AvgIpc) is 2.54. The summed E-state index contributed by atoms with van der Waals surface area (Å²) in [5.74, 6) is 0.702. The fraction of sp³-hybridized carbons (Fsp3) is 0.235. The number of fused-ring (bicyclic) bond motifs is 1. The van der Waals surface area contributed by atoms with E-state index < -0.39 is 17.8 Å². The van der Waals surface area contributed by atoms with Crippen molar-refractivity contribution in [3.05, 3.63) is 59.7 Å². The fourth-order valence-electron chi connectivity index (χ4n) is 2.59. The monoisotopic (exact) mass is 336 g/mol. The molecule has 7 heteroatoms. The fourth-order valence-corrected chi connectivity index (χ4v) is 2.59. The van der Waals surface area contributed by atoms with E-state index in [0.717, 1.165) is 17.7 Å². The third kappa shape index (κ3) is 3.61. The van der Waals surface area contributed by atoms with E-state index >= 15 is 0 Å². The Bertz CT molecular complexity index is 747. The number of hydrogen-bond acceptors (Lipinski definition) is 2. The molecule has 2 aromatic carbocycles. The minimum Gasteiger partial charge on any atom is -0.493 e. The lowest BCUT2D eigenvalue weighted by Gasteiger charge is -2.26. The lowest BCUT2D eigenvalue weighted by Crippen LogP contribution is -2.35. The van der Waals surface area contributed by atoms with Crippen LogP contribution in [0.4, 0.5) is 23.7 Å².